The van der Waals surface area contributed by atoms with E-state index in [0.29, 0.717) is 19.4 Å². The summed E-state index contributed by atoms with van der Waals surface area (Å²) < 4.78 is 18.0. The fraction of sp³-hybridized carbons (Fsp3) is 0.238. The zero-order valence-corrected chi connectivity index (χ0v) is 16.6. The van der Waals surface area contributed by atoms with Crippen molar-refractivity contribution in [2.45, 2.75) is 12.8 Å². The van der Waals surface area contributed by atoms with Gasteiger partial charge in [-0.15, -0.1) is 0 Å². The van der Waals surface area contributed by atoms with Crippen LogP contribution in [0, 0.1) is 15.9 Å². The van der Waals surface area contributed by atoms with Crippen LogP contribution in [0.4, 0.5) is 10.1 Å². The molecule has 156 valence electrons. The molecule has 0 unspecified atom stereocenters. The maximum atomic E-state index is 13.0. The molecule has 30 heavy (non-hydrogen) atoms. The molecule has 0 saturated heterocycles. The molecule has 0 aliphatic heterocycles. The highest BCUT2D eigenvalue weighted by molar-refractivity contribution is 5.95. The fourth-order valence-corrected chi connectivity index (χ4v) is 3.05. The first-order chi connectivity index (χ1) is 14.4. The normalized spacial score (nSPS) is 10.6. The van der Waals surface area contributed by atoms with Crippen molar-refractivity contribution in [2.75, 3.05) is 20.7 Å². The van der Waals surface area contributed by atoms with Crippen LogP contribution in [-0.2, 0) is 6.42 Å². The average Bonchev–Trinajstić information content (AvgIpc) is 3.22. The number of benzene rings is 2. The lowest BCUT2D eigenvalue weighted by atomic mass is 10.1. The SMILES string of the molecule is COc1ccc(C(=O)N(C)CCCc2cc(-c3ccc(F)cc3)n[nH]2)cc1[N+](=O)[O-]. The monoisotopic (exact) mass is 412 g/mol. The van der Waals surface area contributed by atoms with Crippen LogP contribution in [0.15, 0.2) is 48.5 Å². The maximum Gasteiger partial charge on any atom is 0.311 e. The van der Waals surface area contributed by atoms with Crippen LogP contribution in [0.5, 0.6) is 5.75 Å². The number of nitro benzene ring substituents is 1. The molecule has 0 aliphatic carbocycles. The quantitative estimate of drug-likeness (QED) is 0.447. The predicted molar refractivity (Wildman–Crippen MR) is 109 cm³/mol. The fourth-order valence-electron chi connectivity index (χ4n) is 3.05. The number of ether oxygens (including phenoxy) is 1. The van der Waals surface area contributed by atoms with Crippen molar-refractivity contribution in [3.63, 3.8) is 0 Å². The minimum absolute atomic E-state index is 0.107. The number of nitrogens with zero attached hydrogens (tertiary/aromatic N) is 3. The number of aromatic amines is 1. The summed E-state index contributed by atoms with van der Waals surface area (Å²) in [5.41, 5.74) is 2.41. The summed E-state index contributed by atoms with van der Waals surface area (Å²) in [7, 11) is 2.99. The predicted octanol–water partition coefficient (Wildman–Crippen LogP) is 3.84. The Morgan fingerprint density at radius 1 is 1.23 bits per heavy atom. The highest BCUT2D eigenvalue weighted by Gasteiger charge is 2.20. The Balaban J connectivity index is 1.58. The lowest BCUT2D eigenvalue weighted by Gasteiger charge is -2.17. The van der Waals surface area contributed by atoms with Crippen molar-refractivity contribution in [1.82, 2.24) is 15.1 Å². The number of carbonyl (C=O) groups is 1. The number of aryl methyl sites for hydroxylation is 1. The number of nitro groups is 1. The first-order valence-electron chi connectivity index (χ1n) is 9.27. The zero-order chi connectivity index (χ0) is 21.7. The number of hydrogen-bond donors (Lipinski definition) is 1. The van der Waals surface area contributed by atoms with E-state index in [9.17, 15) is 19.3 Å². The summed E-state index contributed by atoms with van der Waals surface area (Å²) in [6, 6.07) is 12.1. The topological polar surface area (TPSA) is 101 Å². The molecule has 1 N–H and O–H groups in total. The Labute approximate surface area is 172 Å². The van der Waals surface area contributed by atoms with Crippen molar-refractivity contribution < 1.29 is 18.8 Å². The van der Waals surface area contributed by atoms with Gasteiger partial charge < -0.3 is 9.64 Å². The van der Waals surface area contributed by atoms with Gasteiger partial charge in [0.15, 0.2) is 5.75 Å². The van der Waals surface area contributed by atoms with E-state index in [1.165, 1.54) is 42.3 Å². The summed E-state index contributed by atoms with van der Waals surface area (Å²) in [5, 5.41) is 18.3. The van der Waals surface area contributed by atoms with Gasteiger partial charge in [0, 0.05) is 36.5 Å². The smallest absolute Gasteiger partial charge is 0.311 e. The van der Waals surface area contributed by atoms with Gasteiger partial charge in [-0.1, -0.05) is 0 Å². The number of halogens is 1. The van der Waals surface area contributed by atoms with Crippen molar-refractivity contribution >= 4 is 11.6 Å². The van der Waals surface area contributed by atoms with Crippen molar-refractivity contribution in [2.24, 2.45) is 0 Å². The van der Waals surface area contributed by atoms with E-state index in [-0.39, 0.29) is 28.7 Å². The number of hydrogen-bond acceptors (Lipinski definition) is 5. The van der Waals surface area contributed by atoms with Crippen LogP contribution < -0.4 is 4.74 Å². The van der Waals surface area contributed by atoms with E-state index in [1.807, 2.05) is 6.07 Å². The molecule has 8 nitrogen and oxygen atoms in total. The minimum atomic E-state index is -0.577. The van der Waals surface area contributed by atoms with E-state index < -0.39 is 4.92 Å². The standard InChI is InChI=1S/C21H21FN4O4/c1-25(21(27)15-7-10-20(30-2)19(12-15)26(28)29)11-3-4-17-13-18(24-23-17)14-5-8-16(22)9-6-14/h5-10,12-13H,3-4,11H2,1-2H3,(H,23,24). The third kappa shape index (κ3) is 4.80. The third-order valence-corrected chi connectivity index (χ3v) is 4.68. The summed E-state index contributed by atoms with van der Waals surface area (Å²) in [6.07, 6.45) is 1.33. The van der Waals surface area contributed by atoms with Gasteiger partial charge in [-0.05, 0) is 55.3 Å². The Morgan fingerprint density at radius 2 is 1.97 bits per heavy atom. The van der Waals surface area contributed by atoms with E-state index >= 15 is 0 Å². The third-order valence-electron chi connectivity index (χ3n) is 4.68. The van der Waals surface area contributed by atoms with Gasteiger partial charge in [0.1, 0.15) is 5.82 Å². The summed E-state index contributed by atoms with van der Waals surface area (Å²) in [4.78, 5) is 24.7. The largest absolute Gasteiger partial charge is 0.490 e. The second-order valence-electron chi connectivity index (χ2n) is 6.76. The van der Waals surface area contributed by atoms with Gasteiger partial charge in [0.2, 0.25) is 0 Å². The van der Waals surface area contributed by atoms with Crippen LogP contribution >= 0.6 is 0 Å². The van der Waals surface area contributed by atoms with E-state index in [1.54, 1.807) is 19.2 Å². The van der Waals surface area contributed by atoms with Gasteiger partial charge in [0.25, 0.3) is 5.91 Å². The van der Waals surface area contributed by atoms with Gasteiger partial charge >= 0.3 is 5.69 Å². The zero-order valence-electron chi connectivity index (χ0n) is 16.6. The number of rotatable bonds is 8. The number of H-pyrrole nitrogens is 1. The molecule has 0 fully saturated rings. The van der Waals surface area contributed by atoms with Gasteiger partial charge in [-0.3, -0.25) is 20.0 Å². The van der Waals surface area contributed by atoms with Gasteiger partial charge in [-0.2, -0.15) is 5.10 Å². The van der Waals surface area contributed by atoms with Crippen LogP contribution in [0.3, 0.4) is 0 Å². The van der Waals surface area contributed by atoms with Crippen molar-refractivity contribution in [1.29, 1.82) is 0 Å². The molecule has 3 aromatic rings. The molecule has 0 spiro atoms. The average molecular weight is 412 g/mol. The van der Waals surface area contributed by atoms with Crippen LogP contribution in [0.2, 0.25) is 0 Å². The first kappa shape index (κ1) is 21.0. The molecule has 1 aromatic heterocycles. The number of aromatic nitrogens is 2. The van der Waals surface area contributed by atoms with Crippen LogP contribution in [0.1, 0.15) is 22.5 Å². The van der Waals surface area contributed by atoms with Crippen LogP contribution in [0.25, 0.3) is 11.3 Å². The Bertz CT molecular complexity index is 1050. The van der Waals surface area contributed by atoms with Gasteiger partial charge in [-0.25, -0.2) is 4.39 Å². The molecule has 0 saturated carbocycles. The summed E-state index contributed by atoms with van der Waals surface area (Å²) in [5.74, 6) is -0.503. The molecule has 0 aliphatic rings. The van der Waals surface area contributed by atoms with Crippen LogP contribution in [-0.4, -0.2) is 46.6 Å². The molecular formula is C21H21FN4O4. The highest BCUT2D eigenvalue weighted by atomic mass is 19.1. The lowest BCUT2D eigenvalue weighted by Crippen LogP contribution is -2.28. The lowest BCUT2D eigenvalue weighted by molar-refractivity contribution is -0.385. The number of methoxy groups -OCH3 is 1. The van der Waals surface area contributed by atoms with E-state index in [2.05, 4.69) is 10.2 Å². The Kier molecular flexibility index (Phi) is 6.41. The first-order valence-corrected chi connectivity index (χ1v) is 9.27. The van der Waals surface area contributed by atoms with E-state index in [0.717, 1.165) is 17.0 Å². The molecular weight excluding hydrogens is 391 g/mol. The molecule has 0 bridgehead atoms. The summed E-state index contributed by atoms with van der Waals surface area (Å²) >= 11 is 0. The minimum Gasteiger partial charge on any atom is -0.490 e. The van der Waals surface area contributed by atoms with Gasteiger partial charge in [0.05, 0.1) is 17.7 Å². The molecule has 1 heterocycles. The number of nitrogens with one attached hydrogen (secondary N) is 1. The number of amides is 1. The molecule has 0 atom stereocenters. The molecule has 9 heteroatoms. The van der Waals surface area contributed by atoms with Crippen molar-refractivity contribution in [3.8, 4) is 17.0 Å². The second kappa shape index (κ2) is 9.17. The summed E-state index contributed by atoms with van der Waals surface area (Å²) in [6.45, 7) is 0.462. The maximum absolute atomic E-state index is 13.0. The second-order valence-corrected chi connectivity index (χ2v) is 6.76. The molecule has 3 rings (SSSR count). The highest BCUT2D eigenvalue weighted by Crippen LogP contribution is 2.28. The molecule has 0 radical (unpaired) electrons. The molecule has 1 amide bonds. The Hall–Kier alpha value is -3.75. The molecule has 2 aromatic carbocycles. The number of carbonyl (C=O) groups excluding carboxylic acids is 1. The van der Waals surface area contributed by atoms with Crippen molar-refractivity contribution in [3.05, 3.63) is 75.7 Å². The Morgan fingerprint density at radius 3 is 2.63 bits per heavy atom. The van der Waals surface area contributed by atoms with E-state index in [4.69, 9.17) is 4.74 Å².